The minimum Gasteiger partial charge on any atom is -0.444 e. The molecule has 1 N–H and O–H groups in total. The standard InChI is InChI=1S/C14H23N3O2/c1-6-11-10-8-17(13(18)19-14(3,4)5)9(2)7-12(10)16-15-11/h9H,6-8H2,1-5H3,(H,15,16). The number of hydrogen-bond donors (Lipinski definition) is 1. The molecule has 0 saturated heterocycles. The van der Waals surface area contributed by atoms with Gasteiger partial charge in [-0.2, -0.15) is 5.10 Å². The number of aromatic amines is 1. The van der Waals surface area contributed by atoms with Gasteiger partial charge in [0.15, 0.2) is 0 Å². The third kappa shape index (κ3) is 2.91. The van der Waals surface area contributed by atoms with Gasteiger partial charge < -0.3 is 9.64 Å². The van der Waals surface area contributed by atoms with Gasteiger partial charge in [-0.3, -0.25) is 5.10 Å². The van der Waals surface area contributed by atoms with Crippen molar-refractivity contribution in [2.75, 3.05) is 0 Å². The summed E-state index contributed by atoms with van der Waals surface area (Å²) in [5.41, 5.74) is 2.91. The molecule has 1 amide bonds. The molecular weight excluding hydrogens is 242 g/mol. The third-order valence-corrected chi connectivity index (χ3v) is 3.36. The Morgan fingerprint density at radius 2 is 2.21 bits per heavy atom. The Hall–Kier alpha value is -1.52. The highest BCUT2D eigenvalue weighted by atomic mass is 16.6. The zero-order valence-corrected chi connectivity index (χ0v) is 12.4. The lowest BCUT2D eigenvalue weighted by Crippen LogP contribution is -2.45. The van der Waals surface area contributed by atoms with Crippen molar-refractivity contribution in [3.8, 4) is 0 Å². The van der Waals surface area contributed by atoms with Crippen molar-refractivity contribution in [2.24, 2.45) is 0 Å². The molecule has 1 aromatic rings. The highest BCUT2D eigenvalue weighted by Gasteiger charge is 2.32. The average Bonchev–Trinajstić information content (AvgIpc) is 2.67. The van der Waals surface area contributed by atoms with Crippen molar-refractivity contribution in [3.05, 3.63) is 17.0 Å². The average molecular weight is 265 g/mol. The predicted molar refractivity (Wildman–Crippen MR) is 72.9 cm³/mol. The fourth-order valence-electron chi connectivity index (χ4n) is 2.39. The van der Waals surface area contributed by atoms with E-state index in [2.05, 4.69) is 17.1 Å². The van der Waals surface area contributed by atoms with Crippen LogP contribution in [-0.4, -0.2) is 32.8 Å². The van der Waals surface area contributed by atoms with E-state index in [9.17, 15) is 4.79 Å². The van der Waals surface area contributed by atoms with Gasteiger partial charge in [-0.1, -0.05) is 6.92 Å². The monoisotopic (exact) mass is 265 g/mol. The molecule has 5 heteroatoms. The fraction of sp³-hybridized carbons (Fsp3) is 0.714. The highest BCUT2D eigenvalue weighted by molar-refractivity contribution is 5.69. The van der Waals surface area contributed by atoms with Gasteiger partial charge in [0.2, 0.25) is 0 Å². The molecule has 1 aliphatic heterocycles. The van der Waals surface area contributed by atoms with Crippen LogP contribution in [0.4, 0.5) is 4.79 Å². The number of aromatic nitrogens is 2. The first-order valence-corrected chi connectivity index (χ1v) is 6.86. The van der Waals surface area contributed by atoms with Gasteiger partial charge in [0.05, 0.1) is 12.2 Å². The maximum atomic E-state index is 12.2. The SMILES string of the molecule is CCc1n[nH]c2c1CN(C(=O)OC(C)(C)C)C(C)C2. The van der Waals surface area contributed by atoms with Crippen LogP contribution in [0.15, 0.2) is 0 Å². The van der Waals surface area contributed by atoms with Crippen molar-refractivity contribution >= 4 is 6.09 Å². The molecule has 2 heterocycles. The summed E-state index contributed by atoms with van der Waals surface area (Å²) < 4.78 is 5.47. The Labute approximate surface area is 114 Å². The van der Waals surface area contributed by atoms with E-state index in [4.69, 9.17) is 4.74 Å². The number of carbonyl (C=O) groups excluding carboxylic acids is 1. The first kappa shape index (κ1) is 13.9. The normalized spacial score (nSPS) is 19.2. The molecular formula is C14H23N3O2. The van der Waals surface area contributed by atoms with Crippen LogP contribution in [0.2, 0.25) is 0 Å². The van der Waals surface area contributed by atoms with Gasteiger partial charge in [0.1, 0.15) is 5.60 Å². The molecule has 5 nitrogen and oxygen atoms in total. The van der Waals surface area contributed by atoms with Gasteiger partial charge >= 0.3 is 6.09 Å². The van der Waals surface area contributed by atoms with Crippen molar-refractivity contribution in [3.63, 3.8) is 0 Å². The quantitative estimate of drug-likeness (QED) is 0.849. The molecule has 19 heavy (non-hydrogen) atoms. The maximum Gasteiger partial charge on any atom is 0.410 e. The fourth-order valence-corrected chi connectivity index (χ4v) is 2.39. The number of ether oxygens (including phenoxy) is 1. The Balaban J connectivity index is 2.18. The number of aryl methyl sites for hydroxylation is 1. The Morgan fingerprint density at radius 3 is 2.79 bits per heavy atom. The minimum absolute atomic E-state index is 0.132. The molecule has 1 aromatic heterocycles. The van der Waals surface area contributed by atoms with Crippen LogP contribution < -0.4 is 0 Å². The molecule has 0 aromatic carbocycles. The van der Waals surface area contributed by atoms with Crippen molar-refractivity contribution in [1.29, 1.82) is 0 Å². The number of H-pyrrole nitrogens is 1. The molecule has 0 spiro atoms. The van der Waals surface area contributed by atoms with Crippen molar-refractivity contribution in [2.45, 2.75) is 65.6 Å². The lowest BCUT2D eigenvalue weighted by Gasteiger charge is -2.34. The van der Waals surface area contributed by atoms with Gasteiger partial charge in [0, 0.05) is 23.7 Å². The van der Waals surface area contributed by atoms with Gasteiger partial charge in [0.25, 0.3) is 0 Å². The molecule has 0 bridgehead atoms. The number of nitrogens with one attached hydrogen (secondary N) is 1. The topological polar surface area (TPSA) is 58.2 Å². The van der Waals surface area contributed by atoms with Crippen LogP contribution >= 0.6 is 0 Å². The molecule has 0 saturated carbocycles. The van der Waals surface area contributed by atoms with E-state index in [1.807, 2.05) is 27.7 Å². The second kappa shape index (κ2) is 4.87. The summed E-state index contributed by atoms with van der Waals surface area (Å²) in [7, 11) is 0. The lowest BCUT2D eigenvalue weighted by molar-refractivity contribution is 0.0137. The van der Waals surface area contributed by atoms with E-state index < -0.39 is 5.60 Å². The Kier molecular flexibility index (Phi) is 3.56. The predicted octanol–water partition coefficient (Wildman–Crippen LogP) is 2.65. The summed E-state index contributed by atoms with van der Waals surface area (Å²) in [4.78, 5) is 14.0. The molecule has 1 unspecified atom stereocenters. The number of amides is 1. The first-order chi connectivity index (χ1) is 8.81. The van der Waals surface area contributed by atoms with Crippen LogP contribution in [0.25, 0.3) is 0 Å². The van der Waals surface area contributed by atoms with Crippen LogP contribution in [0.5, 0.6) is 0 Å². The first-order valence-electron chi connectivity index (χ1n) is 6.86. The molecule has 0 fully saturated rings. The van der Waals surface area contributed by atoms with Gasteiger partial charge in [-0.05, 0) is 34.1 Å². The summed E-state index contributed by atoms with van der Waals surface area (Å²) in [6, 6.07) is 0.132. The second-order valence-corrected chi connectivity index (χ2v) is 6.14. The van der Waals surface area contributed by atoms with Crippen LogP contribution in [0.3, 0.4) is 0 Å². The van der Waals surface area contributed by atoms with Gasteiger partial charge in [-0.15, -0.1) is 0 Å². The molecule has 1 aliphatic rings. The molecule has 106 valence electrons. The summed E-state index contributed by atoms with van der Waals surface area (Å²) in [6.45, 7) is 10.4. The van der Waals surface area contributed by atoms with E-state index in [0.29, 0.717) is 6.54 Å². The highest BCUT2D eigenvalue weighted by Crippen LogP contribution is 2.26. The van der Waals surface area contributed by atoms with Crippen LogP contribution in [0.1, 0.15) is 51.6 Å². The van der Waals surface area contributed by atoms with Crippen LogP contribution in [-0.2, 0) is 24.1 Å². The number of fused-ring (bicyclic) bond motifs is 1. The van der Waals surface area contributed by atoms with Gasteiger partial charge in [-0.25, -0.2) is 4.79 Å². The number of carbonyl (C=O) groups is 1. The second-order valence-electron chi connectivity index (χ2n) is 6.14. The van der Waals surface area contributed by atoms with E-state index in [0.717, 1.165) is 29.8 Å². The molecule has 0 aliphatic carbocycles. The summed E-state index contributed by atoms with van der Waals surface area (Å²) in [5.74, 6) is 0. The summed E-state index contributed by atoms with van der Waals surface area (Å²) in [5, 5.41) is 7.40. The Bertz CT molecular complexity index is 474. The number of rotatable bonds is 1. The van der Waals surface area contributed by atoms with E-state index >= 15 is 0 Å². The Morgan fingerprint density at radius 1 is 1.53 bits per heavy atom. The van der Waals surface area contributed by atoms with Crippen molar-refractivity contribution in [1.82, 2.24) is 15.1 Å². The smallest absolute Gasteiger partial charge is 0.410 e. The number of nitrogens with zero attached hydrogens (tertiary/aromatic N) is 2. The number of hydrogen-bond acceptors (Lipinski definition) is 3. The van der Waals surface area contributed by atoms with Crippen LogP contribution in [0, 0.1) is 0 Å². The summed E-state index contributed by atoms with van der Waals surface area (Å²) >= 11 is 0. The van der Waals surface area contributed by atoms with E-state index in [1.54, 1.807) is 4.90 Å². The third-order valence-electron chi connectivity index (χ3n) is 3.36. The minimum atomic E-state index is -0.457. The van der Waals surface area contributed by atoms with Crippen molar-refractivity contribution < 1.29 is 9.53 Å². The zero-order chi connectivity index (χ0) is 14.2. The maximum absolute atomic E-state index is 12.2. The summed E-state index contributed by atoms with van der Waals surface area (Å²) in [6.07, 6.45) is 1.44. The molecule has 2 rings (SSSR count). The zero-order valence-electron chi connectivity index (χ0n) is 12.4. The largest absolute Gasteiger partial charge is 0.444 e. The molecule has 0 radical (unpaired) electrons. The van der Waals surface area contributed by atoms with E-state index in [-0.39, 0.29) is 12.1 Å². The van der Waals surface area contributed by atoms with E-state index in [1.165, 1.54) is 0 Å². The lowest BCUT2D eigenvalue weighted by atomic mass is 9.99. The molecule has 1 atom stereocenters.